The van der Waals surface area contributed by atoms with Crippen LogP contribution in [0.5, 0.6) is 0 Å². The molecule has 0 spiro atoms. The van der Waals surface area contributed by atoms with Crippen molar-refractivity contribution >= 4 is 52.6 Å². The van der Waals surface area contributed by atoms with Gasteiger partial charge in [-0.2, -0.15) is 11.1 Å². The number of benzene rings is 2. The SMILES string of the molecule is CC1=[C-]C(C)C(C)=C1C.C[Si](C)=[Zr+2].Cl.Cl.Clc1ccccc1-c1c[cH-]c2ccccc12. The molecule has 0 nitrogen and oxygen atoms in total. The predicted octanol–water partition coefficient (Wildman–Crippen LogP) is 9.23. The molecule has 1 aliphatic carbocycles. The van der Waals surface area contributed by atoms with Gasteiger partial charge < -0.3 is 0 Å². The van der Waals surface area contributed by atoms with Crippen LogP contribution in [0.25, 0.3) is 21.9 Å². The summed E-state index contributed by atoms with van der Waals surface area (Å²) in [5.74, 6) is 0.560. The second-order valence-electron chi connectivity index (χ2n) is 7.61. The third-order valence-corrected chi connectivity index (χ3v) is 5.41. The van der Waals surface area contributed by atoms with Gasteiger partial charge in [-0.1, -0.05) is 62.6 Å². The number of allylic oxidation sites excluding steroid dienone is 4. The molecular formula is C26H31Cl3SiZr. The van der Waals surface area contributed by atoms with Gasteiger partial charge in [0, 0.05) is 5.02 Å². The average Bonchev–Trinajstić information content (AvgIpc) is 3.19. The minimum Gasteiger partial charge on any atom is -0.150 e. The molecular weight excluding hydrogens is 538 g/mol. The van der Waals surface area contributed by atoms with Crippen LogP contribution in [0.1, 0.15) is 27.7 Å². The fraction of sp³-hybridized carbons (Fsp3) is 0.269. The fourth-order valence-corrected chi connectivity index (χ4v) is 3.46. The molecule has 3 aromatic rings. The van der Waals surface area contributed by atoms with Crippen molar-refractivity contribution in [3.8, 4) is 11.1 Å². The summed E-state index contributed by atoms with van der Waals surface area (Å²) in [6.07, 6.45) is 3.36. The number of hydrogen-bond acceptors (Lipinski definition) is 0. The monoisotopic (exact) mass is 566 g/mol. The Kier molecular flexibility index (Phi) is 14.4. The Hall–Kier alpha value is -0.500. The normalized spacial score (nSPS) is 14.4. The molecule has 1 atom stereocenters. The number of hydrogen-bond donors (Lipinski definition) is 0. The first-order valence-electron chi connectivity index (χ1n) is 9.91. The van der Waals surface area contributed by atoms with Gasteiger partial charge in [0.15, 0.2) is 0 Å². The first kappa shape index (κ1) is 30.5. The maximum atomic E-state index is 6.22. The van der Waals surface area contributed by atoms with E-state index in [9.17, 15) is 0 Å². The van der Waals surface area contributed by atoms with Crippen LogP contribution in [0, 0.1) is 12.0 Å². The van der Waals surface area contributed by atoms with Gasteiger partial charge in [0.2, 0.25) is 0 Å². The number of rotatable bonds is 1. The summed E-state index contributed by atoms with van der Waals surface area (Å²) in [6.45, 7) is 13.3. The van der Waals surface area contributed by atoms with E-state index in [-0.39, 0.29) is 30.2 Å². The second-order valence-corrected chi connectivity index (χ2v) is 17.4. The van der Waals surface area contributed by atoms with E-state index in [0.29, 0.717) is 5.92 Å². The maximum absolute atomic E-state index is 6.22. The Labute approximate surface area is 220 Å². The molecule has 0 radical (unpaired) electrons. The topological polar surface area (TPSA) is 0 Å². The van der Waals surface area contributed by atoms with E-state index in [4.69, 9.17) is 11.6 Å². The van der Waals surface area contributed by atoms with Crippen molar-refractivity contribution < 1.29 is 23.3 Å². The van der Waals surface area contributed by atoms with Crippen molar-refractivity contribution in [2.24, 2.45) is 5.92 Å². The quantitative estimate of drug-likeness (QED) is 0.203. The molecule has 0 aromatic heterocycles. The first-order chi connectivity index (χ1) is 13.7. The van der Waals surface area contributed by atoms with Crippen LogP contribution in [0.2, 0.25) is 18.1 Å². The van der Waals surface area contributed by atoms with Gasteiger partial charge in [-0.15, -0.1) is 78.4 Å². The molecule has 4 rings (SSSR count). The van der Waals surface area contributed by atoms with Crippen LogP contribution in [0.3, 0.4) is 0 Å². The van der Waals surface area contributed by atoms with Crippen LogP contribution in [-0.4, -0.2) is 5.43 Å². The molecule has 0 bridgehead atoms. The zero-order chi connectivity index (χ0) is 21.6. The van der Waals surface area contributed by atoms with Gasteiger partial charge >= 0.3 is 41.9 Å². The predicted molar refractivity (Wildman–Crippen MR) is 142 cm³/mol. The van der Waals surface area contributed by atoms with E-state index in [1.807, 2.05) is 18.2 Å². The zero-order valence-corrected chi connectivity index (χ0v) is 24.9. The van der Waals surface area contributed by atoms with E-state index >= 15 is 0 Å². The molecule has 0 N–H and O–H groups in total. The van der Waals surface area contributed by atoms with Crippen molar-refractivity contribution in [1.82, 2.24) is 0 Å². The summed E-state index contributed by atoms with van der Waals surface area (Å²) < 4.78 is 0. The van der Waals surface area contributed by atoms with Crippen molar-refractivity contribution in [3.05, 3.63) is 88.5 Å². The molecule has 5 heteroatoms. The average molecular weight is 569 g/mol. The number of fused-ring (bicyclic) bond motifs is 1. The second kappa shape index (κ2) is 14.6. The summed E-state index contributed by atoms with van der Waals surface area (Å²) in [5, 5.41) is 3.33. The molecule has 31 heavy (non-hydrogen) atoms. The minimum absolute atomic E-state index is 0. The Bertz CT molecular complexity index is 1060. The fourth-order valence-electron chi connectivity index (χ4n) is 3.23. The van der Waals surface area contributed by atoms with Gasteiger partial charge in [0.05, 0.1) is 0 Å². The van der Waals surface area contributed by atoms with Gasteiger partial charge in [0.1, 0.15) is 0 Å². The minimum atomic E-state index is 0. The Balaban J connectivity index is 0.000000516. The van der Waals surface area contributed by atoms with Crippen LogP contribution in [-0.2, 0) is 23.3 Å². The molecule has 0 heterocycles. The van der Waals surface area contributed by atoms with Gasteiger partial charge in [-0.05, 0) is 11.6 Å². The van der Waals surface area contributed by atoms with E-state index in [0.717, 1.165) is 10.6 Å². The van der Waals surface area contributed by atoms with E-state index in [1.165, 1.54) is 33.1 Å². The largest absolute Gasteiger partial charge is 0.150 e. The summed E-state index contributed by atoms with van der Waals surface area (Å²) in [5.41, 5.74) is 6.77. The summed E-state index contributed by atoms with van der Waals surface area (Å²) in [4.78, 5) is 0. The molecule has 3 aromatic carbocycles. The van der Waals surface area contributed by atoms with Crippen LogP contribution in [0.4, 0.5) is 0 Å². The Morgan fingerprint density at radius 2 is 1.48 bits per heavy atom. The zero-order valence-electron chi connectivity index (χ0n) is 19.0. The standard InChI is InChI=1S/C15H10Cl.C9H13.C2H6Si.2ClH.Zr/c16-15-8-4-3-7-14(15)13-10-9-11-5-1-2-6-12(11)13;1-6-5-7(2)9(4)8(6)3;1-3-2;;;/h1-10H;6H,1-4H3;1-2H3;2*1H;/q2*-1;;;;+2. The molecule has 1 aliphatic rings. The van der Waals surface area contributed by atoms with E-state index < -0.39 is 0 Å². The third-order valence-electron chi connectivity index (χ3n) is 5.08. The van der Waals surface area contributed by atoms with E-state index in [1.54, 1.807) is 23.3 Å². The summed E-state index contributed by atoms with van der Waals surface area (Å²) in [6, 6.07) is 20.6. The summed E-state index contributed by atoms with van der Waals surface area (Å²) in [7, 11) is 0. The van der Waals surface area contributed by atoms with Crippen molar-refractivity contribution in [3.63, 3.8) is 0 Å². The third kappa shape index (κ3) is 8.75. The van der Waals surface area contributed by atoms with Crippen LogP contribution in [0.15, 0.2) is 77.4 Å². The van der Waals surface area contributed by atoms with Gasteiger partial charge in [-0.25, -0.2) is 5.57 Å². The van der Waals surface area contributed by atoms with Crippen LogP contribution >= 0.6 is 36.4 Å². The smallest absolute Gasteiger partial charge is 0.0384 e. The molecule has 0 saturated heterocycles. The van der Waals surface area contributed by atoms with Crippen molar-refractivity contribution in [2.75, 3.05) is 0 Å². The molecule has 0 aliphatic heterocycles. The molecule has 0 amide bonds. The molecule has 164 valence electrons. The Morgan fingerprint density at radius 3 is 1.97 bits per heavy atom. The van der Waals surface area contributed by atoms with Crippen molar-refractivity contribution in [1.29, 1.82) is 0 Å². The first-order valence-corrected chi connectivity index (χ1v) is 16.5. The number of halogens is 3. The van der Waals surface area contributed by atoms with Gasteiger partial charge in [-0.3, -0.25) is 6.08 Å². The summed E-state index contributed by atoms with van der Waals surface area (Å²) >= 11 is 7.95. The van der Waals surface area contributed by atoms with Gasteiger partial charge in [0.25, 0.3) is 0 Å². The van der Waals surface area contributed by atoms with E-state index in [2.05, 4.69) is 89.3 Å². The molecule has 0 fully saturated rings. The molecule has 0 saturated carbocycles. The van der Waals surface area contributed by atoms with Crippen LogP contribution < -0.4 is 0 Å². The van der Waals surface area contributed by atoms with Crippen molar-refractivity contribution in [2.45, 2.75) is 40.8 Å². The maximum Gasteiger partial charge on any atom is 0.0384 e. The molecule has 1 unspecified atom stereocenters. The Morgan fingerprint density at radius 1 is 0.935 bits per heavy atom.